The summed E-state index contributed by atoms with van der Waals surface area (Å²) < 4.78 is 0. The van der Waals surface area contributed by atoms with Gasteiger partial charge >= 0.3 is 11.9 Å². The van der Waals surface area contributed by atoms with Crippen LogP contribution in [0, 0.1) is 5.92 Å². The number of nitrogens with zero attached hydrogens (tertiary/aromatic N) is 1. The van der Waals surface area contributed by atoms with Crippen LogP contribution in [0.4, 0.5) is 5.69 Å². The van der Waals surface area contributed by atoms with Gasteiger partial charge in [0.15, 0.2) is 0 Å². The van der Waals surface area contributed by atoms with E-state index in [0.29, 0.717) is 12.1 Å². The predicted octanol–water partition coefficient (Wildman–Crippen LogP) is 0.0785. The monoisotopic (exact) mass is 292 g/mol. The molecule has 112 valence electrons. The molecule has 1 heterocycles. The number of hydrogen-bond acceptors (Lipinski definition) is 4. The number of hydrogen-bond donors (Lipinski definition) is 3. The molecular formula is C14H16N2O5. The molecule has 0 saturated heterocycles. The predicted molar refractivity (Wildman–Crippen MR) is 73.9 cm³/mol. The van der Waals surface area contributed by atoms with Crippen molar-refractivity contribution < 1.29 is 24.6 Å². The largest absolute Gasteiger partial charge is 0.481 e. The molecule has 2 atom stereocenters. The quantitative estimate of drug-likeness (QED) is 0.722. The highest BCUT2D eigenvalue weighted by molar-refractivity contribution is 6.00. The van der Waals surface area contributed by atoms with Gasteiger partial charge in [0.05, 0.1) is 18.4 Å². The molecule has 1 aliphatic heterocycles. The number of carboxylic acids is 2. The molecule has 1 aliphatic rings. The van der Waals surface area contributed by atoms with E-state index in [1.807, 2.05) is 0 Å². The Hall–Kier alpha value is -2.41. The molecule has 1 aromatic rings. The van der Waals surface area contributed by atoms with Crippen molar-refractivity contribution in [2.24, 2.45) is 11.7 Å². The molecule has 21 heavy (non-hydrogen) atoms. The van der Waals surface area contributed by atoms with Crippen molar-refractivity contribution in [2.75, 3.05) is 11.4 Å². The van der Waals surface area contributed by atoms with Gasteiger partial charge < -0.3 is 20.8 Å². The second-order valence-corrected chi connectivity index (χ2v) is 5.02. The smallest absolute Gasteiger partial charge is 0.308 e. The number of rotatable bonds is 4. The lowest BCUT2D eigenvalue weighted by atomic mass is 9.92. The summed E-state index contributed by atoms with van der Waals surface area (Å²) in [6, 6.07) is 5.78. The van der Waals surface area contributed by atoms with Crippen molar-refractivity contribution >= 4 is 23.5 Å². The molecule has 2 rings (SSSR count). The lowest BCUT2D eigenvalue weighted by Crippen LogP contribution is -2.50. The third-order valence-corrected chi connectivity index (χ3v) is 3.48. The van der Waals surface area contributed by atoms with Gasteiger partial charge in [-0.05, 0) is 18.1 Å². The molecule has 0 aliphatic carbocycles. The molecule has 1 aromatic carbocycles. The molecule has 7 heteroatoms. The van der Waals surface area contributed by atoms with Gasteiger partial charge in [0.1, 0.15) is 0 Å². The maximum absolute atomic E-state index is 12.3. The summed E-state index contributed by atoms with van der Waals surface area (Å²) in [5, 5.41) is 17.9. The fourth-order valence-corrected chi connectivity index (χ4v) is 2.45. The second kappa shape index (κ2) is 5.92. The van der Waals surface area contributed by atoms with E-state index in [1.54, 1.807) is 24.3 Å². The molecule has 0 fully saturated rings. The molecule has 0 saturated carbocycles. The van der Waals surface area contributed by atoms with Crippen molar-refractivity contribution in [3.63, 3.8) is 0 Å². The number of anilines is 1. The summed E-state index contributed by atoms with van der Waals surface area (Å²) in [7, 11) is 0. The van der Waals surface area contributed by atoms with Gasteiger partial charge in [-0.25, -0.2) is 0 Å². The third-order valence-electron chi connectivity index (χ3n) is 3.48. The van der Waals surface area contributed by atoms with Crippen LogP contribution in [0.15, 0.2) is 24.3 Å². The van der Waals surface area contributed by atoms with Crippen LogP contribution in [0.5, 0.6) is 0 Å². The van der Waals surface area contributed by atoms with E-state index in [9.17, 15) is 19.5 Å². The minimum absolute atomic E-state index is 0.00149. The molecule has 0 aromatic heterocycles. The Bertz CT molecular complexity index is 586. The number of nitrogens with two attached hydrogens (primary N) is 1. The Balaban J connectivity index is 2.30. The normalized spacial score (nSPS) is 18.7. The van der Waals surface area contributed by atoms with E-state index >= 15 is 0 Å². The standard InChI is InChI=1S/C14H16N2O5/c15-10(6-12(17)18)13(19)16-7-9(14(20)21)5-8-3-1-2-4-11(8)16/h1-4,9-10H,5-7,15H2,(H,17,18)(H,20,21). The first-order chi connectivity index (χ1) is 9.90. The second-order valence-electron chi connectivity index (χ2n) is 5.02. The van der Waals surface area contributed by atoms with Crippen LogP contribution in [-0.4, -0.2) is 40.6 Å². The molecular weight excluding hydrogens is 276 g/mol. The van der Waals surface area contributed by atoms with Crippen LogP contribution in [0.2, 0.25) is 0 Å². The summed E-state index contributed by atoms with van der Waals surface area (Å²) in [5.41, 5.74) is 6.95. The lowest BCUT2D eigenvalue weighted by molar-refractivity contribution is -0.142. The third kappa shape index (κ3) is 3.19. The Morgan fingerprint density at radius 3 is 2.57 bits per heavy atom. The topological polar surface area (TPSA) is 121 Å². The Labute approximate surface area is 121 Å². The zero-order valence-corrected chi connectivity index (χ0v) is 11.2. The molecule has 1 amide bonds. The minimum Gasteiger partial charge on any atom is -0.481 e. The van der Waals surface area contributed by atoms with Crippen LogP contribution in [0.1, 0.15) is 12.0 Å². The number of carbonyl (C=O) groups excluding carboxylic acids is 1. The van der Waals surface area contributed by atoms with E-state index in [4.69, 9.17) is 10.8 Å². The first-order valence-electron chi connectivity index (χ1n) is 6.49. The van der Waals surface area contributed by atoms with Crippen LogP contribution < -0.4 is 10.6 Å². The highest BCUT2D eigenvalue weighted by Gasteiger charge is 2.34. The van der Waals surface area contributed by atoms with Crippen molar-refractivity contribution in [3.8, 4) is 0 Å². The minimum atomic E-state index is -1.19. The summed E-state index contributed by atoms with van der Waals surface area (Å²) >= 11 is 0. The first-order valence-corrected chi connectivity index (χ1v) is 6.49. The zero-order chi connectivity index (χ0) is 15.6. The van der Waals surface area contributed by atoms with Gasteiger partial charge in [0.2, 0.25) is 5.91 Å². The molecule has 7 nitrogen and oxygen atoms in total. The van der Waals surface area contributed by atoms with E-state index < -0.39 is 36.2 Å². The van der Waals surface area contributed by atoms with Crippen molar-refractivity contribution in [3.05, 3.63) is 29.8 Å². The average molecular weight is 292 g/mol. The summed E-state index contributed by atoms with van der Waals surface area (Å²) in [5.74, 6) is -3.46. The summed E-state index contributed by atoms with van der Waals surface area (Å²) in [6.07, 6.45) is -0.154. The fraction of sp³-hybridized carbons (Fsp3) is 0.357. The van der Waals surface area contributed by atoms with Gasteiger partial charge in [-0.15, -0.1) is 0 Å². The zero-order valence-electron chi connectivity index (χ0n) is 11.2. The number of para-hydroxylation sites is 1. The van der Waals surface area contributed by atoms with E-state index in [1.165, 1.54) is 4.90 Å². The van der Waals surface area contributed by atoms with Gasteiger partial charge in [-0.3, -0.25) is 14.4 Å². The van der Waals surface area contributed by atoms with Gasteiger partial charge in [-0.1, -0.05) is 18.2 Å². The highest BCUT2D eigenvalue weighted by Crippen LogP contribution is 2.30. The Morgan fingerprint density at radius 1 is 1.29 bits per heavy atom. The molecule has 0 spiro atoms. The van der Waals surface area contributed by atoms with Gasteiger partial charge in [0.25, 0.3) is 0 Å². The fourth-order valence-electron chi connectivity index (χ4n) is 2.45. The SMILES string of the molecule is NC(CC(=O)O)C(=O)N1CC(C(=O)O)Cc2ccccc21. The molecule has 0 bridgehead atoms. The maximum atomic E-state index is 12.3. The summed E-state index contributed by atoms with van der Waals surface area (Å²) in [4.78, 5) is 35.5. The Morgan fingerprint density at radius 2 is 1.95 bits per heavy atom. The van der Waals surface area contributed by atoms with Crippen LogP contribution >= 0.6 is 0 Å². The number of benzene rings is 1. The van der Waals surface area contributed by atoms with Crippen molar-refractivity contribution in [1.29, 1.82) is 0 Å². The highest BCUT2D eigenvalue weighted by atomic mass is 16.4. The van der Waals surface area contributed by atoms with Gasteiger partial charge in [-0.2, -0.15) is 0 Å². The first kappa shape index (κ1) is 15.0. The van der Waals surface area contributed by atoms with Crippen molar-refractivity contribution in [2.45, 2.75) is 18.9 Å². The number of fused-ring (bicyclic) bond motifs is 1. The molecule has 0 radical (unpaired) electrons. The lowest BCUT2D eigenvalue weighted by Gasteiger charge is -2.34. The number of carbonyl (C=O) groups is 3. The van der Waals surface area contributed by atoms with Crippen LogP contribution in [0.3, 0.4) is 0 Å². The maximum Gasteiger partial charge on any atom is 0.308 e. The van der Waals surface area contributed by atoms with E-state index in [0.717, 1.165) is 5.56 Å². The van der Waals surface area contributed by atoms with Gasteiger partial charge in [0, 0.05) is 12.2 Å². The number of carboxylic acid groups (broad SMARTS) is 2. The summed E-state index contributed by atoms with van der Waals surface area (Å²) in [6.45, 7) is -0.00149. The van der Waals surface area contributed by atoms with E-state index in [-0.39, 0.29) is 6.54 Å². The van der Waals surface area contributed by atoms with Crippen molar-refractivity contribution in [1.82, 2.24) is 0 Å². The number of aliphatic carboxylic acids is 2. The Kier molecular flexibility index (Phi) is 4.23. The number of amides is 1. The molecule has 2 unspecified atom stereocenters. The average Bonchev–Trinajstić information content (AvgIpc) is 2.44. The van der Waals surface area contributed by atoms with Crippen LogP contribution in [0.25, 0.3) is 0 Å². The van der Waals surface area contributed by atoms with Crippen LogP contribution in [-0.2, 0) is 20.8 Å². The van der Waals surface area contributed by atoms with E-state index in [2.05, 4.69) is 0 Å². The molecule has 4 N–H and O–H groups in total.